The zero-order valence-electron chi connectivity index (χ0n) is 5.72. The van der Waals surface area contributed by atoms with Crippen molar-refractivity contribution >= 4 is 17.6 Å². The van der Waals surface area contributed by atoms with E-state index >= 15 is 0 Å². The fourth-order valence-electron chi connectivity index (χ4n) is 0.417. The third-order valence-electron chi connectivity index (χ3n) is 0.789. The van der Waals surface area contributed by atoms with Gasteiger partial charge in [-0.05, 0) is 0 Å². The van der Waals surface area contributed by atoms with Crippen molar-refractivity contribution in [1.82, 2.24) is 0 Å². The molecule has 0 aromatic rings. The molecular weight excluding hydrogens is 152 g/mol. The number of carboxylic acid groups (broad SMARTS) is 1. The summed E-state index contributed by atoms with van der Waals surface area (Å²) in [5, 5.41) is 7.69. The molecule has 0 aliphatic rings. The standard InChI is InChI=1S/C7H9ClO2/c1-2-3-4-6(8)5-7(9)10/h6H,2,5H2,1H3,(H,9,10). The van der Waals surface area contributed by atoms with E-state index in [0.717, 1.165) is 0 Å². The second kappa shape index (κ2) is 5.13. The topological polar surface area (TPSA) is 37.3 Å². The lowest BCUT2D eigenvalue weighted by Crippen LogP contribution is -2.04. The molecule has 1 atom stereocenters. The van der Waals surface area contributed by atoms with Crippen LogP contribution < -0.4 is 0 Å². The number of aliphatic carboxylic acids is 1. The molecule has 0 rings (SSSR count). The molecule has 56 valence electrons. The molecule has 0 aliphatic heterocycles. The monoisotopic (exact) mass is 160 g/mol. The molecule has 0 aromatic carbocycles. The Balaban J connectivity index is 3.63. The minimum atomic E-state index is -0.912. The lowest BCUT2D eigenvalue weighted by Gasteiger charge is -1.93. The van der Waals surface area contributed by atoms with Crippen molar-refractivity contribution in [2.75, 3.05) is 0 Å². The molecule has 0 aliphatic carbocycles. The van der Waals surface area contributed by atoms with E-state index in [2.05, 4.69) is 11.8 Å². The van der Waals surface area contributed by atoms with E-state index in [1.165, 1.54) is 0 Å². The molecule has 0 bridgehead atoms. The zero-order chi connectivity index (χ0) is 7.98. The van der Waals surface area contributed by atoms with Gasteiger partial charge >= 0.3 is 5.97 Å². The Morgan fingerprint density at radius 3 is 2.80 bits per heavy atom. The minimum Gasteiger partial charge on any atom is -0.481 e. The third kappa shape index (κ3) is 5.46. The highest BCUT2D eigenvalue weighted by Crippen LogP contribution is 1.99. The molecule has 0 saturated carbocycles. The minimum absolute atomic E-state index is 0.0887. The number of carbonyl (C=O) groups is 1. The molecule has 0 heterocycles. The van der Waals surface area contributed by atoms with Gasteiger partial charge in [0, 0.05) is 6.42 Å². The maximum atomic E-state index is 10.0. The highest BCUT2D eigenvalue weighted by atomic mass is 35.5. The van der Waals surface area contributed by atoms with Crippen molar-refractivity contribution in [3.05, 3.63) is 0 Å². The van der Waals surface area contributed by atoms with Crippen LogP contribution in [0, 0.1) is 11.8 Å². The summed E-state index contributed by atoms with van der Waals surface area (Å²) < 4.78 is 0. The van der Waals surface area contributed by atoms with Gasteiger partial charge in [-0.1, -0.05) is 12.8 Å². The summed E-state index contributed by atoms with van der Waals surface area (Å²) in [5.41, 5.74) is 0. The first-order valence-electron chi connectivity index (χ1n) is 3.01. The van der Waals surface area contributed by atoms with E-state index < -0.39 is 11.3 Å². The molecule has 0 radical (unpaired) electrons. The molecular formula is C7H9ClO2. The Bertz CT molecular complexity index is 166. The number of halogens is 1. The van der Waals surface area contributed by atoms with Crippen molar-refractivity contribution in [3.8, 4) is 11.8 Å². The van der Waals surface area contributed by atoms with Gasteiger partial charge in [0.15, 0.2) is 0 Å². The molecule has 3 heteroatoms. The first kappa shape index (κ1) is 9.32. The van der Waals surface area contributed by atoms with Crippen molar-refractivity contribution in [1.29, 1.82) is 0 Å². The summed E-state index contributed by atoms with van der Waals surface area (Å²) in [5.74, 6) is 4.39. The van der Waals surface area contributed by atoms with E-state index in [4.69, 9.17) is 16.7 Å². The second-order valence-electron chi connectivity index (χ2n) is 1.74. The van der Waals surface area contributed by atoms with Crippen LogP contribution in [0.25, 0.3) is 0 Å². The average molecular weight is 161 g/mol. The van der Waals surface area contributed by atoms with Crippen molar-refractivity contribution in [2.24, 2.45) is 0 Å². The highest BCUT2D eigenvalue weighted by molar-refractivity contribution is 6.23. The largest absolute Gasteiger partial charge is 0.481 e. The Kier molecular flexibility index (Phi) is 4.78. The number of alkyl halides is 1. The predicted octanol–water partition coefficient (Wildman–Crippen LogP) is 1.48. The van der Waals surface area contributed by atoms with Gasteiger partial charge in [0.05, 0.1) is 6.42 Å². The number of carboxylic acids is 1. The van der Waals surface area contributed by atoms with Crippen molar-refractivity contribution in [3.63, 3.8) is 0 Å². The Morgan fingerprint density at radius 1 is 1.80 bits per heavy atom. The van der Waals surface area contributed by atoms with Crippen LogP contribution in [0.5, 0.6) is 0 Å². The summed E-state index contributed by atoms with van der Waals surface area (Å²) in [6.45, 7) is 1.89. The molecule has 1 unspecified atom stereocenters. The number of hydrogen-bond acceptors (Lipinski definition) is 1. The highest BCUT2D eigenvalue weighted by Gasteiger charge is 2.04. The van der Waals surface area contributed by atoms with Gasteiger partial charge in [0.25, 0.3) is 0 Å². The molecule has 2 nitrogen and oxygen atoms in total. The smallest absolute Gasteiger partial charge is 0.305 e. The summed E-state index contributed by atoms with van der Waals surface area (Å²) in [4.78, 5) is 10.0. The van der Waals surface area contributed by atoms with Gasteiger partial charge in [-0.25, -0.2) is 0 Å². The van der Waals surface area contributed by atoms with Gasteiger partial charge in [-0.3, -0.25) is 4.79 Å². The fourth-order valence-corrected chi connectivity index (χ4v) is 0.626. The van der Waals surface area contributed by atoms with Crippen LogP contribution in [0.2, 0.25) is 0 Å². The van der Waals surface area contributed by atoms with E-state index in [9.17, 15) is 4.79 Å². The van der Waals surface area contributed by atoms with E-state index in [1.807, 2.05) is 6.92 Å². The summed E-state index contributed by atoms with van der Waals surface area (Å²) in [6.07, 6.45) is 0.622. The van der Waals surface area contributed by atoms with Gasteiger partial charge in [0.2, 0.25) is 0 Å². The van der Waals surface area contributed by atoms with Gasteiger partial charge < -0.3 is 5.11 Å². The van der Waals surface area contributed by atoms with E-state index in [-0.39, 0.29) is 6.42 Å². The lowest BCUT2D eigenvalue weighted by atomic mass is 10.3. The lowest BCUT2D eigenvalue weighted by molar-refractivity contribution is -0.136. The molecule has 0 amide bonds. The van der Waals surface area contributed by atoms with Crippen LogP contribution >= 0.6 is 11.6 Å². The predicted molar refractivity (Wildman–Crippen MR) is 40.0 cm³/mol. The normalized spacial score (nSPS) is 11.4. The molecule has 1 N–H and O–H groups in total. The second-order valence-corrected chi connectivity index (χ2v) is 2.27. The van der Waals surface area contributed by atoms with E-state index in [0.29, 0.717) is 6.42 Å². The molecule has 0 saturated heterocycles. The quantitative estimate of drug-likeness (QED) is 0.491. The maximum Gasteiger partial charge on any atom is 0.305 e. The van der Waals surface area contributed by atoms with Crippen LogP contribution in [-0.2, 0) is 4.79 Å². The maximum absolute atomic E-state index is 10.0. The van der Waals surface area contributed by atoms with Crippen molar-refractivity contribution in [2.45, 2.75) is 25.1 Å². The summed E-state index contributed by atoms with van der Waals surface area (Å²) in [7, 11) is 0. The summed E-state index contributed by atoms with van der Waals surface area (Å²) >= 11 is 5.50. The van der Waals surface area contributed by atoms with Crippen LogP contribution in [0.1, 0.15) is 19.8 Å². The number of rotatable bonds is 2. The zero-order valence-corrected chi connectivity index (χ0v) is 6.48. The van der Waals surface area contributed by atoms with E-state index in [1.54, 1.807) is 0 Å². The first-order chi connectivity index (χ1) is 4.66. The Labute approximate surface area is 65.2 Å². The van der Waals surface area contributed by atoms with Crippen LogP contribution in [0.3, 0.4) is 0 Å². The molecule has 0 spiro atoms. The van der Waals surface area contributed by atoms with Crippen LogP contribution in [-0.4, -0.2) is 16.5 Å². The molecule has 0 aromatic heterocycles. The summed E-state index contributed by atoms with van der Waals surface area (Å²) in [6, 6.07) is 0. The molecule has 10 heavy (non-hydrogen) atoms. The number of hydrogen-bond donors (Lipinski definition) is 1. The SMILES string of the molecule is CCC#CC(Cl)CC(=O)O. The Morgan fingerprint density at radius 2 is 2.40 bits per heavy atom. The fraction of sp³-hybridized carbons (Fsp3) is 0.571. The van der Waals surface area contributed by atoms with Crippen LogP contribution in [0.15, 0.2) is 0 Å². The Hall–Kier alpha value is -0.680. The van der Waals surface area contributed by atoms with Gasteiger partial charge in [-0.2, -0.15) is 0 Å². The third-order valence-corrected chi connectivity index (χ3v) is 1.05. The van der Waals surface area contributed by atoms with Gasteiger partial charge in [-0.15, -0.1) is 17.5 Å². The van der Waals surface area contributed by atoms with Crippen LogP contribution in [0.4, 0.5) is 0 Å². The van der Waals surface area contributed by atoms with Gasteiger partial charge in [0.1, 0.15) is 5.38 Å². The average Bonchev–Trinajstić information content (AvgIpc) is 1.82. The van der Waals surface area contributed by atoms with Crippen molar-refractivity contribution < 1.29 is 9.90 Å². The molecule has 0 fully saturated rings. The first-order valence-corrected chi connectivity index (χ1v) is 3.44.